The minimum atomic E-state index is -3.42. The first-order valence-electron chi connectivity index (χ1n) is 26.3. The van der Waals surface area contributed by atoms with E-state index >= 15 is 0 Å². The Morgan fingerprint density at radius 3 is 1.16 bits per heavy atom. The molecular formula is C64H67Cl3N12O17S3. The van der Waals surface area contributed by atoms with Gasteiger partial charge in [-0.15, -0.1) is 20.4 Å². The second-order valence-electron chi connectivity index (χ2n) is 19.1. The molecule has 0 unspecified atom stereocenters. The topological polar surface area (TPSA) is 416 Å². The molecule has 5 aromatic heterocycles. The second-order valence-corrected chi connectivity index (χ2v) is 26.4. The summed E-state index contributed by atoms with van der Waals surface area (Å²) in [5.74, 6) is 0.808. The summed E-state index contributed by atoms with van der Waals surface area (Å²) in [5, 5.41) is 47.8. The van der Waals surface area contributed by atoms with Crippen LogP contribution in [0.25, 0.3) is 63.1 Å². The van der Waals surface area contributed by atoms with Gasteiger partial charge >= 0.3 is 23.9 Å². The third kappa shape index (κ3) is 20.0. The van der Waals surface area contributed by atoms with Gasteiger partial charge in [0, 0.05) is 53.7 Å². The molecular weight excluding hydrogens is 1410 g/mol. The lowest BCUT2D eigenvalue weighted by atomic mass is 10.2. The maximum Gasteiger partial charge on any atom is 0.358 e. The summed E-state index contributed by atoms with van der Waals surface area (Å²) < 4.78 is 94.1. The SMILES string of the molecule is C.C.C.C.C.COC(=O)c1cc(-c2nnc(-c3cccc(S(C)(=O)=O)c3)o2)n(-c2ccccc2Cl)n1.COC(=O)c1cc(C(=O)O)n(-c2ccccc2Cl)n1.CS(=O)(=O)c1cccc(-c2nnc(-c3cc(C(=O)O)nn3-c3ccccc3Cl)o2)c1.CS(=O)(=O)c1cccc(C(=O)NN)c1. The highest BCUT2D eigenvalue weighted by molar-refractivity contribution is 7.91. The van der Waals surface area contributed by atoms with Gasteiger partial charge in [-0.2, -0.15) is 15.3 Å². The zero-order valence-corrected chi connectivity index (χ0v) is 53.7. The number of rotatable bonds is 15. The van der Waals surface area contributed by atoms with Gasteiger partial charge < -0.3 is 28.5 Å². The molecule has 99 heavy (non-hydrogen) atoms. The number of nitrogens with one attached hydrogen (secondary N) is 1. The lowest BCUT2D eigenvalue weighted by Crippen LogP contribution is -2.30. The van der Waals surface area contributed by atoms with Gasteiger partial charge in [0.2, 0.25) is 11.8 Å². The molecule has 5 N–H and O–H groups in total. The molecule has 0 fully saturated rings. The number of nitrogens with zero attached hydrogens (tertiary/aromatic N) is 10. The number of amides is 1. The van der Waals surface area contributed by atoms with Gasteiger partial charge in [0.05, 0.1) is 61.0 Å². The molecule has 6 aromatic carbocycles. The Morgan fingerprint density at radius 2 is 0.788 bits per heavy atom. The van der Waals surface area contributed by atoms with Crippen molar-refractivity contribution in [3.63, 3.8) is 0 Å². The van der Waals surface area contributed by atoms with Crippen LogP contribution in [0.5, 0.6) is 0 Å². The number of esters is 2. The molecule has 11 aromatic rings. The van der Waals surface area contributed by atoms with Crippen LogP contribution in [0.1, 0.15) is 89.4 Å². The van der Waals surface area contributed by atoms with Crippen LogP contribution >= 0.6 is 34.8 Å². The molecule has 29 nitrogen and oxygen atoms in total. The molecule has 0 spiro atoms. The van der Waals surface area contributed by atoms with Crippen molar-refractivity contribution < 1.29 is 77.7 Å². The van der Waals surface area contributed by atoms with Gasteiger partial charge in [0.1, 0.15) is 11.4 Å². The van der Waals surface area contributed by atoms with E-state index in [0.717, 1.165) is 29.5 Å². The highest BCUT2D eigenvalue weighted by Crippen LogP contribution is 2.33. The number of ether oxygens (including phenoxy) is 2. The molecule has 0 aliphatic heterocycles. The van der Waals surface area contributed by atoms with Crippen LogP contribution in [0, 0.1) is 0 Å². The number of para-hydroxylation sites is 3. The average Bonchev–Trinajstić information content (AvgIpc) is 1.65. The Labute approximate surface area is 584 Å². The summed E-state index contributed by atoms with van der Waals surface area (Å²) in [6.45, 7) is 0. The summed E-state index contributed by atoms with van der Waals surface area (Å²) in [4.78, 5) is 57.4. The minimum Gasteiger partial charge on any atom is -0.477 e. The van der Waals surface area contributed by atoms with E-state index in [-0.39, 0.29) is 109 Å². The van der Waals surface area contributed by atoms with E-state index in [1.54, 1.807) is 97.1 Å². The first kappa shape index (κ1) is 82.5. The molecule has 1 amide bonds. The molecule has 0 aliphatic carbocycles. The summed E-state index contributed by atoms with van der Waals surface area (Å²) in [6.07, 6.45) is 3.29. The predicted octanol–water partition coefficient (Wildman–Crippen LogP) is 11.7. The number of benzene rings is 6. The summed E-state index contributed by atoms with van der Waals surface area (Å²) in [6, 6.07) is 42.0. The Balaban J connectivity index is 0.000000352. The van der Waals surface area contributed by atoms with Crippen molar-refractivity contribution in [1.82, 2.24) is 55.2 Å². The molecule has 5 heterocycles. The third-order valence-electron chi connectivity index (χ3n) is 12.6. The largest absolute Gasteiger partial charge is 0.477 e. The van der Waals surface area contributed by atoms with Gasteiger partial charge in [-0.05, 0) is 91.0 Å². The summed E-state index contributed by atoms with van der Waals surface area (Å²) in [7, 11) is -7.67. The number of carbonyl (C=O) groups excluding carboxylic acids is 3. The Kier molecular flexibility index (Phi) is 29.1. The number of nitrogen functional groups attached to an aromatic ring is 1. The number of methoxy groups -OCH3 is 2. The molecule has 0 bridgehead atoms. The minimum absolute atomic E-state index is 0. The number of nitrogens with two attached hydrogens (primary N) is 1. The number of aromatic nitrogens is 10. The number of carboxylic acids is 2. The zero-order valence-electron chi connectivity index (χ0n) is 49.0. The van der Waals surface area contributed by atoms with Gasteiger partial charge in [0.25, 0.3) is 17.7 Å². The monoisotopic (exact) mass is 1480 g/mol. The molecule has 11 rings (SSSR count). The molecule has 524 valence electrons. The van der Waals surface area contributed by atoms with Crippen LogP contribution in [0.2, 0.25) is 15.1 Å². The Hall–Kier alpha value is -10.7. The van der Waals surface area contributed by atoms with Crippen LogP contribution in [0.4, 0.5) is 0 Å². The number of hydrogen-bond donors (Lipinski definition) is 4. The van der Waals surface area contributed by atoms with E-state index in [4.69, 9.17) is 59.3 Å². The van der Waals surface area contributed by atoms with E-state index in [1.165, 1.54) is 84.2 Å². The lowest BCUT2D eigenvalue weighted by Gasteiger charge is -2.06. The molecule has 0 saturated carbocycles. The fourth-order valence-electron chi connectivity index (χ4n) is 8.09. The lowest BCUT2D eigenvalue weighted by molar-refractivity contribution is 0.0584. The van der Waals surface area contributed by atoms with Gasteiger partial charge in [-0.25, -0.2) is 64.3 Å². The van der Waals surface area contributed by atoms with Gasteiger partial charge in [0.15, 0.2) is 52.3 Å². The fraction of sp³-hybridized carbons (Fsp3) is 0.156. The van der Waals surface area contributed by atoms with E-state index in [1.807, 2.05) is 5.43 Å². The normalized spacial score (nSPS) is 10.6. The Bertz CT molecular complexity index is 5070. The first-order chi connectivity index (χ1) is 44.5. The van der Waals surface area contributed by atoms with Crippen LogP contribution in [-0.4, -0.2) is 148 Å². The van der Waals surface area contributed by atoms with E-state index in [2.05, 4.69) is 40.4 Å². The van der Waals surface area contributed by atoms with Crippen molar-refractivity contribution in [2.75, 3.05) is 33.0 Å². The number of halogens is 3. The smallest absolute Gasteiger partial charge is 0.358 e. The van der Waals surface area contributed by atoms with Crippen molar-refractivity contribution in [2.24, 2.45) is 5.84 Å². The predicted molar refractivity (Wildman–Crippen MR) is 371 cm³/mol. The highest BCUT2D eigenvalue weighted by Gasteiger charge is 2.26. The second kappa shape index (κ2) is 35.0. The van der Waals surface area contributed by atoms with Gasteiger partial charge in [-0.1, -0.05) is 127 Å². The number of hydrogen-bond acceptors (Lipinski definition) is 23. The van der Waals surface area contributed by atoms with Crippen LogP contribution in [-0.2, 0) is 39.0 Å². The van der Waals surface area contributed by atoms with Crippen LogP contribution < -0.4 is 11.3 Å². The Morgan fingerprint density at radius 1 is 0.444 bits per heavy atom. The zero-order chi connectivity index (χ0) is 68.4. The molecule has 35 heteroatoms. The van der Waals surface area contributed by atoms with Crippen molar-refractivity contribution >= 4 is 94.1 Å². The molecule has 0 radical (unpaired) electrons. The van der Waals surface area contributed by atoms with E-state index in [9.17, 15) is 54.3 Å². The van der Waals surface area contributed by atoms with Crippen LogP contribution in [0.15, 0.2) is 187 Å². The molecule has 0 atom stereocenters. The van der Waals surface area contributed by atoms with E-state index < -0.39 is 59.3 Å². The van der Waals surface area contributed by atoms with E-state index in [0.29, 0.717) is 49.0 Å². The number of carboxylic acid groups (broad SMARTS) is 2. The molecule has 0 aliphatic rings. The molecule has 0 saturated heterocycles. The fourth-order valence-corrected chi connectivity index (χ4v) is 10.7. The third-order valence-corrected chi connectivity index (χ3v) is 16.8. The average molecular weight is 1480 g/mol. The van der Waals surface area contributed by atoms with Crippen molar-refractivity contribution in [2.45, 2.75) is 51.8 Å². The summed E-state index contributed by atoms with van der Waals surface area (Å²) >= 11 is 18.5. The van der Waals surface area contributed by atoms with Crippen molar-refractivity contribution in [1.29, 1.82) is 0 Å². The number of sulfone groups is 3. The number of carbonyl (C=O) groups is 5. The maximum absolute atomic E-state index is 12.0. The highest BCUT2D eigenvalue weighted by atomic mass is 35.5. The first-order valence-corrected chi connectivity index (χ1v) is 33.1. The quantitative estimate of drug-likeness (QED) is 0.0320. The maximum atomic E-state index is 12.0. The summed E-state index contributed by atoms with van der Waals surface area (Å²) in [5.41, 5.74) is 4.33. The van der Waals surface area contributed by atoms with Crippen molar-refractivity contribution in [3.8, 4) is 63.1 Å². The number of aromatic carboxylic acids is 2. The standard InChI is InChI=1S/C20H15ClN4O5S.C19H13ClN4O5S.C12H9ClN2O4.C8H10N2O3S.5CH4/c1-29-20(26)15-11-17(25(24-15)16-9-4-3-8-14(16)21)19-23-22-18(30-19)12-6-5-7-13(10-12)31(2,27)28;1-30(27,28)12-6-4-5-11(9-12)17-21-22-18(29-17)16-10-14(19(25)26)23-24(16)15-8-3-2-7-13(15)20;1-19-12(18)8-6-10(11(16)17)15(14-8)9-5-3-2-4-7(9)13;1-14(12,13)7-4-2-3-6(5-7)8(11)10-9;;;;;/h3-11H,1-2H3;2-10H,1H3,(H,25,26);2-6H,1H3,(H,16,17);2-5H,9H2,1H3,(H,10,11);5*1H4. The number of hydrazine groups is 1. The van der Waals surface area contributed by atoms with Crippen LogP contribution in [0.3, 0.4) is 0 Å². The van der Waals surface area contributed by atoms with Crippen molar-refractivity contribution in [3.05, 3.63) is 207 Å². The van der Waals surface area contributed by atoms with Gasteiger partial charge in [-0.3, -0.25) is 10.2 Å².